The van der Waals surface area contributed by atoms with Crippen LogP contribution in [0.1, 0.15) is 10.6 Å². The van der Waals surface area contributed by atoms with Crippen molar-refractivity contribution < 1.29 is 0 Å². The van der Waals surface area contributed by atoms with Crippen LogP contribution in [0.25, 0.3) is 22.2 Å². The van der Waals surface area contributed by atoms with Crippen LogP contribution in [0.4, 0.5) is 5.13 Å². The minimum absolute atomic E-state index is 0.596. The lowest BCUT2D eigenvalue weighted by atomic mass is 10.1. The number of thiazole rings is 1. The number of benzene rings is 1. The van der Waals surface area contributed by atoms with Crippen LogP contribution >= 0.6 is 22.9 Å². The molecule has 1 aromatic carbocycles. The summed E-state index contributed by atoms with van der Waals surface area (Å²) in [6, 6.07) is 5.83. The minimum atomic E-state index is 0.596. The zero-order valence-corrected chi connectivity index (χ0v) is 11.6. The fourth-order valence-electron chi connectivity index (χ4n) is 2.25. The number of halogens is 1. The zero-order chi connectivity index (χ0) is 12.9. The van der Waals surface area contributed by atoms with E-state index in [1.54, 1.807) is 0 Å². The van der Waals surface area contributed by atoms with Gasteiger partial charge in [0, 0.05) is 32.1 Å². The lowest BCUT2D eigenvalue weighted by Crippen LogP contribution is -1.85. The van der Waals surface area contributed by atoms with Crippen LogP contribution in [0, 0.1) is 13.8 Å². The van der Waals surface area contributed by atoms with E-state index in [0.29, 0.717) is 5.13 Å². The average Bonchev–Trinajstić information content (AvgIpc) is 2.77. The second-order valence-electron chi connectivity index (χ2n) is 4.27. The Balaban J connectivity index is 2.37. The second kappa shape index (κ2) is 4.00. The topological polar surface area (TPSA) is 54.7 Å². The third-order valence-electron chi connectivity index (χ3n) is 3.00. The number of rotatable bonds is 1. The molecule has 5 heteroatoms. The molecule has 2 heterocycles. The molecule has 0 radical (unpaired) electrons. The summed E-state index contributed by atoms with van der Waals surface area (Å²) in [6.07, 6.45) is 0. The fourth-order valence-corrected chi connectivity index (χ4v) is 3.12. The molecule has 2 aromatic heterocycles. The van der Waals surface area contributed by atoms with Crippen LogP contribution in [0.5, 0.6) is 0 Å². The molecule has 0 fully saturated rings. The molecule has 0 saturated carbocycles. The summed E-state index contributed by atoms with van der Waals surface area (Å²) in [7, 11) is 0. The van der Waals surface area contributed by atoms with E-state index in [2.05, 4.69) is 9.97 Å². The number of aromatic nitrogens is 2. The molecule has 0 aliphatic heterocycles. The Bertz CT molecular complexity index is 742. The van der Waals surface area contributed by atoms with Gasteiger partial charge < -0.3 is 10.7 Å². The second-order valence-corrected chi connectivity index (χ2v) is 5.94. The van der Waals surface area contributed by atoms with Crippen molar-refractivity contribution in [1.29, 1.82) is 0 Å². The van der Waals surface area contributed by atoms with Gasteiger partial charge in [-0.15, -0.1) is 11.3 Å². The number of hydrogen-bond acceptors (Lipinski definition) is 3. The van der Waals surface area contributed by atoms with Crippen LogP contribution < -0.4 is 5.73 Å². The molecule has 0 unspecified atom stereocenters. The SMILES string of the molecule is Cc1[nH]c2ccc(Cl)cc2c1-c1nc(N)sc1C. The van der Waals surface area contributed by atoms with Gasteiger partial charge in [0.25, 0.3) is 0 Å². The van der Waals surface area contributed by atoms with E-state index in [4.69, 9.17) is 17.3 Å². The third kappa shape index (κ3) is 1.69. The highest BCUT2D eigenvalue weighted by atomic mass is 35.5. The van der Waals surface area contributed by atoms with E-state index in [-0.39, 0.29) is 0 Å². The minimum Gasteiger partial charge on any atom is -0.375 e. The quantitative estimate of drug-likeness (QED) is 0.702. The number of anilines is 1. The van der Waals surface area contributed by atoms with Crippen molar-refractivity contribution in [3.8, 4) is 11.3 Å². The van der Waals surface area contributed by atoms with Crippen molar-refractivity contribution in [2.75, 3.05) is 5.73 Å². The molecular formula is C13H12ClN3S. The number of nitrogens with one attached hydrogen (secondary N) is 1. The highest BCUT2D eigenvalue weighted by molar-refractivity contribution is 7.15. The van der Waals surface area contributed by atoms with E-state index < -0.39 is 0 Å². The standard InChI is InChI=1S/C13H12ClN3S/c1-6-11(12-7(2)18-13(15)17-12)9-5-8(14)3-4-10(9)16-6/h3-5,16H,1-2H3,(H2,15,17). The summed E-state index contributed by atoms with van der Waals surface area (Å²) in [5, 5.41) is 2.41. The summed E-state index contributed by atoms with van der Waals surface area (Å²) in [5.74, 6) is 0. The Labute approximate surface area is 114 Å². The lowest BCUT2D eigenvalue weighted by molar-refractivity contribution is 1.28. The van der Waals surface area contributed by atoms with Gasteiger partial charge in [0.1, 0.15) is 0 Å². The first-order chi connectivity index (χ1) is 8.56. The van der Waals surface area contributed by atoms with Gasteiger partial charge in [-0.05, 0) is 32.0 Å². The van der Waals surface area contributed by atoms with Crippen molar-refractivity contribution in [1.82, 2.24) is 9.97 Å². The monoisotopic (exact) mass is 277 g/mol. The molecule has 0 atom stereocenters. The Hall–Kier alpha value is -1.52. The van der Waals surface area contributed by atoms with Crippen molar-refractivity contribution >= 4 is 39.0 Å². The molecule has 3 aromatic rings. The maximum atomic E-state index is 6.08. The number of H-pyrrole nitrogens is 1. The summed E-state index contributed by atoms with van der Waals surface area (Å²) in [4.78, 5) is 8.90. The number of hydrogen-bond donors (Lipinski definition) is 2. The van der Waals surface area contributed by atoms with E-state index in [1.807, 2.05) is 32.0 Å². The van der Waals surface area contributed by atoms with E-state index in [0.717, 1.165) is 37.8 Å². The molecule has 0 saturated heterocycles. The fraction of sp³-hybridized carbons (Fsp3) is 0.154. The molecule has 0 aliphatic carbocycles. The zero-order valence-electron chi connectivity index (χ0n) is 10.0. The number of nitrogens with two attached hydrogens (primary N) is 1. The van der Waals surface area contributed by atoms with E-state index >= 15 is 0 Å². The van der Waals surface area contributed by atoms with Crippen molar-refractivity contribution in [2.45, 2.75) is 13.8 Å². The Morgan fingerprint density at radius 1 is 1.33 bits per heavy atom. The normalized spacial score (nSPS) is 11.3. The Morgan fingerprint density at radius 3 is 2.78 bits per heavy atom. The van der Waals surface area contributed by atoms with Crippen LogP contribution in [0.2, 0.25) is 5.02 Å². The first-order valence-corrected chi connectivity index (χ1v) is 6.77. The summed E-state index contributed by atoms with van der Waals surface area (Å²) in [6.45, 7) is 4.07. The molecule has 3 nitrogen and oxygen atoms in total. The Morgan fingerprint density at radius 2 is 2.11 bits per heavy atom. The van der Waals surface area contributed by atoms with Gasteiger partial charge in [0.2, 0.25) is 0 Å². The number of aromatic amines is 1. The highest BCUT2D eigenvalue weighted by Crippen LogP contribution is 2.37. The molecule has 3 N–H and O–H groups in total. The van der Waals surface area contributed by atoms with E-state index in [9.17, 15) is 0 Å². The van der Waals surface area contributed by atoms with Crippen LogP contribution in [-0.4, -0.2) is 9.97 Å². The molecule has 92 valence electrons. The molecule has 0 amide bonds. The van der Waals surface area contributed by atoms with Gasteiger partial charge in [-0.1, -0.05) is 11.6 Å². The maximum Gasteiger partial charge on any atom is 0.180 e. The van der Waals surface area contributed by atoms with Crippen LogP contribution in [-0.2, 0) is 0 Å². The molecule has 18 heavy (non-hydrogen) atoms. The van der Waals surface area contributed by atoms with E-state index in [1.165, 1.54) is 11.3 Å². The van der Waals surface area contributed by atoms with Crippen molar-refractivity contribution in [2.24, 2.45) is 0 Å². The van der Waals surface area contributed by atoms with Crippen LogP contribution in [0.15, 0.2) is 18.2 Å². The predicted molar refractivity (Wildman–Crippen MR) is 78.3 cm³/mol. The van der Waals surface area contributed by atoms with Gasteiger partial charge >= 0.3 is 0 Å². The van der Waals surface area contributed by atoms with Gasteiger partial charge in [-0.3, -0.25) is 0 Å². The summed E-state index contributed by atoms with van der Waals surface area (Å²) < 4.78 is 0. The number of nitrogens with zero attached hydrogens (tertiary/aromatic N) is 1. The molecule has 0 aliphatic rings. The smallest absolute Gasteiger partial charge is 0.180 e. The summed E-state index contributed by atoms with van der Waals surface area (Å²) >= 11 is 7.58. The molecule has 0 bridgehead atoms. The van der Waals surface area contributed by atoms with Gasteiger partial charge in [0.15, 0.2) is 5.13 Å². The first-order valence-electron chi connectivity index (χ1n) is 5.57. The van der Waals surface area contributed by atoms with Crippen molar-refractivity contribution in [3.05, 3.63) is 33.8 Å². The average molecular weight is 278 g/mol. The molecule has 3 rings (SSSR count). The number of fused-ring (bicyclic) bond motifs is 1. The van der Waals surface area contributed by atoms with Crippen LogP contribution in [0.3, 0.4) is 0 Å². The van der Waals surface area contributed by atoms with Gasteiger partial charge in [-0.25, -0.2) is 4.98 Å². The third-order valence-corrected chi connectivity index (χ3v) is 4.03. The number of aryl methyl sites for hydroxylation is 2. The molecular weight excluding hydrogens is 266 g/mol. The van der Waals surface area contributed by atoms with Gasteiger partial charge in [-0.2, -0.15) is 0 Å². The predicted octanol–water partition coefficient (Wildman–Crippen LogP) is 4.14. The first kappa shape index (κ1) is 11.6. The maximum absolute atomic E-state index is 6.08. The largest absolute Gasteiger partial charge is 0.375 e. The highest BCUT2D eigenvalue weighted by Gasteiger charge is 2.16. The number of nitrogen functional groups attached to an aromatic ring is 1. The van der Waals surface area contributed by atoms with Gasteiger partial charge in [0.05, 0.1) is 5.69 Å². The molecule has 0 spiro atoms. The lowest BCUT2D eigenvalue weighted by Gasteiger charge is -1.99. The Kier molecular flexibility index (Phi) is 2.57. The van der Waals surface area contributed by atoms with Crippen molar-refractivity contribution in [3.63, 3.8) is 0 Å². The summed E-state index contributed by atoms with van der Waals surface area (Å²) in [5.41, 5.74) is 9.98.